The molecule has 28 heavy (non-hydrogen) atoms. The van der Waals surface area contributed by atoms with Crippen molar-refractivity contribution in [1.82, 2.24) is 15.0 Å². The number of aliphatic imine (C=N–C) groups is 1. The number of nitrogens with one attached hydrogen (secondary N) is 1. The van der Waals surface area contributed by atoms with Crippen LogP contribution in [-0.2, 0) is 0 Å². The molecule has 0 unspecified atom stereocenters. The molecular formula is C21H20N6S. The number of fused-ring (bicyclic) bond motifs is 1. The zero-order valence-corrected chi connectivity index (χ0v) is 16.7. The molecule has 2 aromatic heterocycles. The van der Waals surface area contributed by atoms with Gasteiger partial charge in [0.15, 0.2) is 0 Å². The Morgan fingerprint density at radius 1 is 0.929 bits per heavy atom. The minimum Gasteiger partial charge on any atom is -0.369 e. The van der Waals surface area contributed by atoms with Gasteiger partial charge in [-0.2, -0.15) is 4.99 Å². The first-order chi connectivity index (χ1) is 13.5. The first-order valence-electron chi connectivity index (χ1n) is 8.87. The molecule has 0 amide bonds. The fourth-order valence-electron chi connectivity index (χ4n) is 2.89. The Labute approximate surface area is 167 Å². The summed E-state index contributed by atoms with van der Waals surface area (Å²) in [7, 11) is 0. The van der Waals surface area contributed by atoms with Gasteiger partial charge in [-0.3, -0.25) is 0 Å². The van der Waals surface area contributed by atoms with Crippen molar-refractivity contribution in [3.63, 3.8) is 0 Å². The molecule has 0 aliphatic heterocycles. The number of rotatable bonds is 3. The predicted octanol–water partition coefficient (Wildman–Crippen LogP) is 4.74. The van der Waals surface area contributed by atoms with Crippen molar-refractivity contribution in [1.29, 1.82) is 0 Å². The Bertz CT molecular complexity index is 1160. The van der Waals surface area contributed by atoms with E-state index in [9.17, 15) is 0 Å². The van der Waals surface area contributed by atoms with Gasteiger partial charge >= 0.3 is 0 Å². The molecule has 3 N–H and O–H groups in total. The van der Waals surface area contributed by atoms with E-state index in [4.69, 9.17) is 10.7 Å². The molecule has 2 aromatic carbocycles. The number of nitrogens with zero attached hydrogens (tertiary/aromatic N) is 4. The number of aryl methyl sites for hydroxylation is 3. The van der Waals surface area contributed by atoms with Crippen molar-refractivity contribution in [2.75, 3.05) is 5.32 Å². The molecule has 0 saturated heterocycles. The van der Waals surface area contributed by atoms with Gasteiger partial charge in [-0.05, 0) is 68.8 Å². The van der Waals surface area contributed by atoms with E-state index in [0.29, 0.717) is 5.95 Å². The number of hydrogen-bond donors (Lipinski definition) is 2. The normalized spacial score (nSPS) is 11.8. The first-order valence-corrected chi connectivity index (χ1v) is 9.69. The van der Waals surface area contributed by atoms with E-state index < -0.39 is 0 Å². The highest BCUT2D eigenvalue weighted by molar-refractivity contribution is 7.21. The molecule has 140 valence electrons. The van der Waals surface area contributed by atoms with E-state index in [1.807, 2.05) is 44.2 Å². The summed E-state index contributed by atoms with van der Waals surface area (Å²) in [4.78, 5) is 17.5. The van der Waals surface area contributed by atoms with Crippen LogP contribution in [0.25, 0.3) is 20.8 Å². The summed E-state index contributed by atoms with van der Waals surface area (Å²) in [5, 5.41) is 4.07. The Kier molecular flexibility index (Phi) is 4.75. The van der Waals surface area contributed by atoms with Gasteiger partial charge in [0, 0.05) is 22.6 Å². The number of hydrogen-bond acceptors (Lipinski definition) is 5. The fraction of sp³-hybridized carbons (Fsp3) is 0.143. The molecule has 0 fully saturated rings. The lowest BCUT2D eigenvalue weighted by Crippen LogP contribution is -2.22. The molecule has 4 rings (SSSR count). The molecule has 0 bridgehead atoms. The van der Waals surface area contributed by atoms with Gasteiger partial charge in [0.2, 0.25) is 5.96 Å². The molecular weight excluding hydrogens is 368 g/mol. The molecule has 0 saturated carbocycles. The van der Waals surface area contributed by atoms with Crippen molar-refractivity contribution in [2.45, 2.75) is 20.8 Å². The Morgan fingerprint density at radius 3 is 2.36 bits per heavy atom. The van der Waals surface area contributed by atoms with Gasteiger partial charge in [-0.15, -0.1) is 11.3 Å². The summed E-state index contributed by atoms with van der Waals surface area (Å²) in [6.45, 7) is 5.90. The van der Waals surface area contributed by atoms with Crippen LogP contribution in [-0.4, -0.2) is 20.9 Å². The van der Waals surface area contributed by atoms with Gasteiger partial charge < -0.3 is 11.1 Å². The second-order valence-electron chi connectivity index (χ2n) is 6.64. The van der Waals surface area contributed by atoms with Crippen LogP contribution in [0.1, 0.15) is 17.0 Å². The lowest BCUT2D eigenvalue weighted by atomic mass is 10.2. The summed E-state index contributed by atoms with van der Waals surface area (Å²) < 4.78 is 1.20. The monoisotopic (exact) mass is 388 g/mol. The Morgan fingerprint density at radius 2 is 1.64 bits per heavy atom. The van der Waals surface area contributed by atoms with Crippen molar-refractivity contribution >= 4 is 39.1 Å². The molecule has 0 aliphatic rings. The van der Waals surface area contributed by atoms with Crippen LogP contribution in [0.5, 0.6) is 0 Å². The van der Waals surface area contributed by atoms with Gasteiger partial charge in [0.05, 0.1) is 10.2 Å². The van der Waals surface area contributed by atoms with Gasteiger partial charge in [-0.1, -0.05) is 6.07 Å². The largest absolute Gasteiger partial charge is 0.369 e. The zero-order valence-electron chi connectivity index (χ0n) is 15.9. The standard InChI is InChI=1S/C21H20N6S/c1-12-4-9-17-18(10-12)28-19(26-17)15-5-7-16(8-6-15)25-20(22)27-21-23-13(2)11-14(3)24-21/h4-11H,1-3H3,(H3,22,23,24,25,27). The minimum atomic E-state index is 0.244. The van der Waals surface area contributed by atoms with Crippen molar-refractivity contribution in [3.8, 4) is 10.6 Å². The Hall–Kier alpha value is -3.32. The lowest BCUT2D eigenvalue weighted by Gasteiger charge is -2.06. The third-order valence-corrected chi connectivity index (χ3v) is 5.21. The van der Waals surface area contributed by atoms with Gasteiger partial charge in [-0.25, -0.2) is 15.0 Å². The molecule has 0 spiro atoms. The first kappa shape index (κ1) is 18.1. The summed E-state index contributed by atoms with van der Waals surface area (Å²) in [6.07, 6.45) is 0. The van der Waals surface area contributed by atoms with Crippen LogP contribution in [0.2, 0.25) is 0 Å². The molecule has 7 heteroatoms. The fourth-order valence-corrected chi connectivity index (χ4v) is 3.96. The van der Waals surface area contributed by atoms with E-state index in [-0.39, 0.29) is 5.96 Å². The third-order valence-electron chi connectivity index (χ3n) is 4.14. The molecule has 4 aromatic rings. The number of anilines is 1. The predicted molar refractivity (Wildman–Crippen MR) is 116 cm³/mol. The van der Waals surface area contributed by atoms with E-state index >= 15 is 0 Å². The summed E-state index contributed by atoms with van der Waals surface area (Å²) in [6, 6.07) is 16.2. The van der Waals surface area contributed by atoms with Crippen LogP contribution in [0.15, 0.2) is 53.5 Å². The second-order valence-corrected chi connectivity index (χ2v) is 7.67. The number of thiazole rings is 1. The highest BCUT2D eigenvalue weighted by atomic mass is 32.1. The average Bonchev–Trinajstić information content (AvgIpc) is 3.04. The van der Waals surface area contributed by atoms with E-state index in [2.05, 4.69) is 45.4 Å². The topological polar surface area (TPSA) is 89.1 Å². The maximum atomic E-state index is 6.00. The van der Waals surface area contributed by atoms with Crippen LogP contribution in [0, 0.1) is 20.8 Å². The molecule has 0 radical (unpaired) electrons. The molecule has 2 heterocycles. The minimum absolute atomic E-state index is 0.244. The quantitative estimate of drug-likeness (QED) is 0.391. The molecule has 0 atom stereocenters. The lowest BCUT2D eigenvalue weighted by molar-refractivity contribution is 1.04. The SMILES string of the molecule is Cc1ccc2nc(-c3ccc(N/C(N)=N/c4nc(C)cc(C)n4)cc3)sc2c1. The average molecular weight is 389 g/mol. The van der Waals surface area contributed by atoms with Crippen molar-refractivity contribution < 1.29 is 0 Å². The number of guanidine groups is 1. The smallest absolute Gasteiger partial charge is 0.253 e. The summed E-state index contributed by atoms with van der Waals surface area (Å²) in [5.41, 5.74) is 11.9. The van der Waals surface area contributed by atoms with Gasteiger partial charge in [0.25, 0.3) is 5.95 Å². The summed E-state index contributed by atoms with van der Waals surface area (Å²) in [5.74, 6) is 0.595. The third kappa shape index (κ3) is 3.99. The van der Waals surface area contributed by atoms with Crippen LogP contribution >= 0.6 is 11.3 Å². The Balaban J connectivity index is 1.53. The molecule has 0 aliphatic carbocycles. The summed E-state index contributed by atoms with van der Waals surface area (Å²) >= 11 is 1.69. The van der Waals surface area contributed by atoms with Gasteiger partial charge in [0.1, 0.15) is 5.01 Å². The van der Waals surface area contributed by atoms with Crippen LogP contribution in [0.3, 0.4) is 0 Å². The molecule has 6 nitrogen and oxygen atoms in total. The zero-order chi connectivity index (χ0) is 19.7. The number of aromatic nitrogens is 3. The second kappa shape index (κ2) is 7.36. The van der Waals surface area contributed by atoms with Crippen molar-refractivity contribution in [2.24, 2.45) is 10.7 Å². The highest BCUT2D eigenvalue weighted by Gasteiger charge is 2.07. The maximum Gasteiger partial charge on any atom is 0.253 e. The highest BCUT2D eigenvalue weighted by Crippen LogP contribution is 2.31. The van der Waals surface area contributed by atoms with E-state index in [0.717, 1.165) is 33.2 Å². The number of nitrogens with two attached hydrogens (primary N) is 1. The maximum absolute atomic E-state index is 6.00. The van der Waals surface area contributed by atoms with E-state index in [1.54, 1.807) is 11.3 Å². The van der Waals surface area contributed by atoms with Crippen LogP contribution < -0.4 is 11.1 Å². The van der Waals surface area contributed by atoms with Crippen molar-refractivity contribution in [3.05, 3.63) is 65.5 Å². The van der Waals surface area contributed by atoms with E-state index in [1.165, 1.54) is 10.3 Å². The van der Waals surface area contributed by atoms with Crippen LogP contribution in [0.4, 0.5) is 11.6 Å². The number of benzene rings is 2.